The van der Waals surface area contributed by atoms with Crippen LogP contribution in [-0.2, 0) is 20.3 Å². The highest BCUT2D eigenvalue weighted by Crippen LogP contribution is 2.36. The van der Waals surface area contributed by atoms with Crippen molar-refractivity contribution in [1.29, 1.82) is 0 Å². The molecule has 1 N–H and O–H groups in total. The van der Waals surface area contributed by atoms with Gasteiger partial charge in [0.15, 0.2) is 0 Å². The Kier molecular flexibility index (Phi) is 4.25. The molecule has 0 aliphatic carbocycles. The number of H-pyrrole nitrogens is 1. The molecule has 0 unspecified atom stereocenters. The number of hydrogen-bond acceptors (Lipinski definition) is 4. The van der Waals surface area contributed by atoms with Gasteiger partial charge < -0.3 is 9.55 Å². The summed E-state index contributed by atoms with van der Waals surface area (Å²) in [6.07, 6.45) is -3.35. The summed E-state index contributed by atoms with van der Waals surface area (Å²) in [4.78, 5) is 23.6. The Balaban J connectivity index is 1.98. The molecular weight excluding hydrogens is 391 g/mol. The molecule has 6 nitrogen and oxygen atoms in total. The average molecular weight is 407 g/mol. The van der Waals surface area contributed by atoms with E-state index in [1.807, 2.05) is 19.1 Å². The molecule has 0 spiro atoms. The van der Waals surface area contributed by atoms with Crippen LogP contribution in [0, 0.1) is 0 Å². The van der Waals surface area contributed by atoms with Crippen LogP contribution in [0.5, 0.6) is 0 Å². The first-order valence-electron chi connectivity index (χ1n) is 8.46. The van der Waals surface area contributed by atoms with Crippen molar-refractivity contribution in [2.75, 3.05) is 5.75 Å². The maximum Gasteiger partial charge on any atom is 0.433 e. The molecule has 0 saturated heterocycles. The number of aromatic amines is 1. The molecule has 4 aromatic rings. The predicted octanol–water partition coefficient (Wildman–Crippen LogP) is 3.95. The number of nitrogens with one attached hydrogen (secondary N) is 1. The van der Waals surface area contributed by atoms with E-state index in [1.54, 1.807) is 30.4 Å². The van der Waals surface area contributed by atoms with E-state index in [1.165, 1.54) is 10.8 Å². The van der Waals surface area contributed by atoms with E-state index in [2.05, 4.69) is 15.0 Å². The maximum atomic E-state index is 13.0. The van der Waals surface area contributed by atoms with Crippen LogP contribution in [0.2, 0.25) is 0 Å². The lowest BCUT2D eigenvalue weighted by Crippen LogP contribution is -2.11. The SMILES string of the molecule is CCSc1cc2c(cc1-c1nc3cc(C(F)(F)F)ncc3n1C)[nH]c(=O)n2C. The van der Waals surface area contributed by atoms with Crippen LogP contribution >= 0.6 is 11.8 Å². The zero-order valence-corrected chi connectivity index (χ0v) is 16.1. The molecule has 3 aromatic heterocycles. The molecule has 0 aliphatic heterocycles. The van der Waals surface area contributed by atoms with Gasteiger partial charge in [0.25, 0.3) is 0 Å². The quantitative estimate of drug-likeness (QED) is 0.522. The number of pyridine rings is 1. The van der Waals surface area contributed by atoms with E-state index in [0.29, 0.717) is 16.9 Å². The highest BCUT2D eigenvalue weighted by Gasteiger charge is 2.33. The highest BCUT2D eigenvalue weighted by molar-refractivity contribution is 7.99. The number of aromatic nitrogens is 5. The fraction of sp³-hybridized carbons (Fsp3) is 0.278. The topological polar surface area (TPSA) is 68.5 Å². The number of imidazole rings is 2. The van der Waals surface area contributed by atoms with E-state index >= 15 is 0 Å². The van der Waals surface area contributed by atoms with Gasteiger partial charge in [-0.1, -0.05) is 6.92 Å². The van der Waals surface area contributed by atoms with Crippen molar-refractivity contribution in [3.8, 4) is 11.4 Å². The van der Waals surface area contributed by atoms with Gasteiger partial charge >= 0.3 is 11.9 Å². The Labute approximate surface area is 161 Å². The van der Waals surface area contributed by atoms with Gasteiger partial charge in [-0.3, -0.25) is 4.57 Å². The number of rotatable bonds is 3. The minimum absolute atomic E-state index is 0.217. The fourth-order valence-corrected chi connectivity index (χ4v) is 4.00. The summed E-state index contributed by atoms with van der Waals surface area (Å²) >= 11 is 1.58. The van der Waals surface area contributed by atoms with Gasteiger partial charge in [-0.2, -0.15) is 13.2 Å². The Morgan fingerprint density at radius 3 is 2.57 bits per heavy atom. The Morgan fingerprint density at radius 2 is 1.89 bits per heavy atom. The van der Waals surface area contributed by atoms with Gasteiger partial charge in [0.05, 0.1) is 28.3 Å². The van der Waals surface area contributed by atoms with E-state index in [4.69, 9.17) is 0 Å². The molecule has 146 valence electrons. The monoisotopic (exact) mass is 407 g/mol. The van der Waals surface area contributed by atoms with Crippen LogP contribution in [-0.4, -0.2) is 29.8 Å². The summed E-state index contributed by atoms with van der Waals surface area (Å²) in [5, 5.41) is 0. The summed E-state index contributed by atoms with van der Waals surface area (Å²) in [7, 11) is 3.42. The summed E-state index contributed by atoms with van der Waals surface area (Å²) in [6.45, 7) is 2.00. The third-order valence-electron chi connectivity index (χ3n) is 4.60. The Bertz CT molecular complexity index is 1270. The molecule has 0 amide bonds. The molecule has 10 heteroatoms. The molecule has 3 heterocycles. The molecule has 0 aliphatic rings. The van der Waals surface area contributed by atoms with Crippen LogP contribution in [0.4, 0.5) is 13.2 Å². The van der Waals surface area contributed by atoms with Gasteiger partial charge in [0.1, 0.15) is 11.5 Å². The minimum atomic E-state index is -4.53. The van der Waals surface area contributed by atoms with Crippen molar-refractivity contribution >= 4 is 33.8 Å². The minimum Gasteiger partial charge on any atom is -0.326 e. The zero-order valence-electron chi connectivity index (χ0n) is 15.3. The lowest BCUT2D eigenvalue weighted by molar-refractivity contribution is -0.141. The van der Waals surface area contributed by atoms with Crippen molar-refractivity contribution in [2.24, 2.45) is 14.1 Å². The van der Waals surface area contributed by atoms with Gasteiger partial charge in [-0.15, -0.1) is 11.8 Å². The number of thioether (sulfide) groups is 1. The van der Waals surface area contributed by atoms with E-state index < -0.39 is 11.9 Å². The largest absolute Gasteiger partial charge is 0.433 e. The third-order valence-corrected chi connectivity index (χ3v) is 5.54. The summed E-state index contributed by atoms with van der Waals surface area (Å²) in [5.74, 6) is 1.30. The van der Waals surface area contributed by atoms with Crippen LogP contribution in [0.15, 0.2) is 34.1 Å². The summed E-state index contributed by atoms with van der Waals surface area (Å²) < 4.78 is 42.2. The van der Waals surface area contributed by atoms with Crippen molar-refractivity contribution in [3.63, 3.8) is 0 Å². The smallest absolute Gasteiger partial charge is 0.326 e. The summed E-state index contributed by atoms with van der Waals surface area (Å²) in [6, 6.07) is 4.66. The Morgan fingerprint density at radius 1 is 1.14 bits per heavy atom. The van der Waals surface area contributed by atoms with Gasteiger partial charge in [0.2, 0.25) is 0 Å². The average Bonchev–Trinajstić information content (AvgIpc) is 3.11. The second-order valence-corrected chi connectivity index (χ2v) is 7.64. The van der Waals surface area contributed by atoms with Crippen LogP contribution < -0.4 is 5.69 Å². The van der Waals surface area contributed by atoms with Crippen molar-refractivity contribution < 1.29 is 13.2 Å². The normalized spacial score (nSPS) is 12.4. The number of benzene rings is 1. The zero-order chi connectivity index (χ0) is 20.2. The number of halogens is 3. The standard InChI is InChI=1S/C18H16F3N5OS/c1-4-28-14-7-12-10(24-17(27)26(12)3)5-9(14)16-23-11-6-15(18(19,20)21)22-8-13(11)25(16)2/h5-8H,4H2,1-3H3,(H,24,27). The molecule has 28 heavy (non-hydrogen) atoms. The van der Waals surface area contributed by atoms with E-state index in [-0.39, 0.29) is 11.2 Å². The van der Waals surface area contributed by atoms with Gasteiger partial charge in [0, 0.05) is 24.6 Å². The molecule has 0 bridgehead atoms. The van der Waals surface area contributed by atoms with Crippen LogP contribution in [0.1, 0.15) is 12.6 Å². The van der Waals surface area contributed by atoms with Crippen molar-refractivity contribution in [3.05, 3.63) is 40.6 Å². The number of fused-ring (bicyclic) bond motifs is 2. The van der Waals surface area contributed by atoms with Crippen LogP contribution in [0.3, 0.4) is 0 Å². The van der Waals surface area contributed by atoms with E-state index in [9.17, 15) is 18.0 Å². The second kappa shape index (κ2) is 6.40. The van der Waals surface area contributed by atoms with E-state index in [0.717, 1.165) is 27.8 Å². The number of hydrogen-bond donors (Lipinski definition) is 1. The highest BCUT2D eigenvalue weighted by atomic mass is 32.2. The lowest BCUT2D eigenvalue weighted by atomic mass is 10.2. The number of nitrogens with zero attached hydrogens (tertiary/aromatic N) is 4. The Hall–Kier alpha value is -2.75. The molecule has 0 saturated carbocycles. The molecule has 1 aromatic carbocycles. The third kappa shape index (κ3) is 2.88. The molecule has 0 radical (unpaired) electrons. The predicted molar refractivity (Wildman–Crippen MR) is 102 cm³/mol. The maximum absolute atomic E-state index is 13.0. The van der Waals surface area contributed by atoms with Crippen molar-refractivity contribution in [2.45, 2.75) is 18.0 Å². The number of alkyl halides is 3. The van der Waals surface area contributed by atoms with Gasteiger partial charge in [-0.25, -0.2) is 14.8 Å². The fourth-order valence-electron chi connectivity index (χ4n) is 3.19. The summed E-state index contributed by atoms with van der Waals surface area (Å²) in [5.41, 5.74) is 1.65. The molecule has 0 fully saturated rings. The molecule has 4 rings (SSSR count). The first kappa shape index (κ1) is 18.6. The lowest BCUT2D eigenvalue weighted by Gasteiger charge is -2.10. The second-order valence-electron chi connectivity index (χ2n) is 6.34. The molecular formula is C18H16F3N5OS. The first-order valence-corrected chi connectivity index (χ1v) is 9.45. The molecule has 0 atom stereocenters. The van der Waals surface area contributed by atoms with Crippen molar-refractivity contribution in [1.82, 2.24) is 24.1 Å². The number of aryl methyl sites for hydroxylation is 2. The van der Waals surface area contributed by atoms with Crippen LogP contribution in [0.25, 0.3) is 33.5 Å². The van der Waals surface area contributed by atoms with Gasteiger partial charge in [-0.05, 0) is 24.0 Å². The first-order chi connectivity index (χ1) is 13.2.